The normalized spacial score (nSPS) is 17.1. The number of ether oxygens (including phenoxy) is 2. The Kier molecular flexibility index (Phi) is 5.72. The molecule has 0 radical (unpaired) electrons. The summed E-state index contributed by atoms with van der Waals surface area (Å²) in [5.74, 6) is 4.52. The Morgan fingerprint density at radius 1 is 1.08 bits per heavy atom. The monoisotopic (exact) mass is 377 g/mol. The van der Waals surface area contributed by atoms with Gasteiger partial charge in [0.2, 0.25) is 0 Å². The second kappa shape index (κ2) is 7.84. The van der Waals surface area contributed by atoms with Gasteiger partial charge in [-0.15, -0.1) is 5.10 Å². The van der Waals surface area contributed by atoms with E-state index in [2.05, 4.69) is 47.3 Å². The Morgan fingerprint density at radius 2 is 1.77 bits per heavy atom. The number of hydrogen-bond acceptors (Lipinski definition) is 7. The van der Waals surface area contributed by atoms with Gasteiger partial charge in [0.1, 0.15) is 0 Å². The van der Waals surface area contributed by atoms with Gasteiger partial charge in [-0.3, -0.25) is 4.90 Å². The highest BCUT2D eigenvalue weighted by atomic mass is 32.2. The Balaban J connectivity index is 2.09. The minimum absolute atomic E-state index is 0.0232. The molecule has 1 fully saturated rings. The van der Waals surface area contributed by atoms with Crippen LogP contribution >= 0.6 is 11.8 Å². The van der Waals surface area contributed by atoms with Crippen LogP contribution in [-0.2, 0) is 5.54 Å². The number of rotatable bonds is 5. The lowest BCUT2D eigenvalue weighted by molar-refractivity contribution is 0.219. The molecular formula is C18H27N5O2S. The van der Waals surface area contributed by atoms with Crippen LogP contribution in [-0.4, -0.2) is 63.9 Å². The van der Waals surface area contributed by atoms with E-state index in [0.717, 1.165) is 47.5 Å². The zero-order chi connectivity index (χ0) is 18.7. The Bertz CT molecular complexity index is 737. The highest BCUT2D eigenvalue weighted by Gasteiger charge is 2.32. The Hall–Kier alpha value is -1.80. The molecule has 0 amide bonds. The van der Waals surface area contributed by atoms with E-state index in [1.165, 1.54) is 0 Å². The second-order valence-corrected chi connectivity index (χ2v) is 8.51. The molecule has 1 aliphatic rings. The van der Waals surface area contributed by atoms with Gasteiger partial charge >= 0.3 is 0 Å². The van der Waals surface area contributed by atoms with Crippen LogP contribution in [0.1, 0.15) is 38.2 Å². The lowest BCUT2D eigenvalue weighted by Gasteiger charge is -2.35. The van der Waals surface area contributed by atoms with Crippen LogP contribution in [0.2, 0.25) is 0 Å². The van der Waals surface area contributed by atoms with E-state index in [-0.39, 0.29) is 11.6 Å². The molecule has 1 atom stereocenters. The van der Waals surface area contributed by atoms with Crippen molar-refractivity contribution in [1.82, 2.24) is 25.1 Å². The number of aromatic nitrogens is 4. The minimum Gasteiger partial charge on any atom is -0.493 e. The van der Waals surface area contributed by atoms with E-state index < -0.39 is 0 Å². The van der Waals surface area contributed by atoms with Crippen molar-refractivity contribution < 1.29 is 9.47 Å². The van der Waals surface area contributed by atoms with Crippen molar-refractivity contribution in [2.24, 2.45) is 0 Å². The number of thioether (sulfide) groups is 1. The number of nitrogens with zero attached hydrogens (tertiary/aromatic N) is 5. The molecule has 0 N–H and O–H groups in total. The van der Waals surface area contributed by atoms with Crippen LogP contribution in [0.5, 0.6) is 11.5 Å². The van der Waals surface area contributed by atoms with Crippen LogP contribution in [0, 0.1) is 0 Å². The molecule has 0 bridgehead atoms. The summed E-state index contributed by atoms with van der Waals surface area (Å²) in [5, 5.41) is 12.7. The van der Waals surface area contributed by atoms with Gasteiger partial charge in [-0.1, -0.05) is 6.07 Å². The van der Waals surface area contributed by atoms with Gasteiger partial charge < -0.3 is 9.47 Å². The lowest BCUT2D eigenvalue weighted by Crippen LogP contribution is -2.39. The Labute approximate surface area is 159 Å². The van der Waals surface area contributed by atoms with Gasteiger partial charge in [0.25, 0.3) is 0 Å². The summed E-state index contributed by atoms with van der Waals surface area (Å²) in [4.78, 5) is 2.45. The van der Waals surface area contributed by atoms with Gasteiger partial charge in [0.15, 0.2) is 17.3 Å². The van der Waals surface area contributed by atoms with E-state index in [1.807, 2.05) is 28.6 Å². The molecule has 3 rings (SSSR count). The lowest BCUT2D eigenvalue weighted by atomic mass is 10.0. The highest BCUT2D eigenvalue weighted by molar-refractivity contribution is 7.99. The highest BCUT2D eigenvalue weighted by Crippen LogP contribution is 2.36. The fraction of sp³-hybridized carbons (Fsp3) is 0.611. The fourth-order valence-corrected chi connectivity index (χ4v) is 4.16. The smallest absolute Gasteiger partial charge is 0.173 e. The van der Waals surface area contributed by atoms with Crippen LogP contribution in [0.25, 0.3) is 0 Å². The quantitative estimate of drug-likeness (QED) is 0.793. The zero-order valence-corrected chi connectivity index (χ0v) is 16.9. The maximum Gasteiger partial charge on any atom is 0.173 e. The first-order chi connectivity index (χ1) is 12.5. The van der Waals surface area contributed by atoms with E-state index in [0.29, 0.717) is 0 Å². The minimum atomic E-state index is -0.196. The van der Waals surface area contributed by atoms with Crippen LogP contribution in [0.4, 0.5) is 0 Å². The first-order valence-corrected chi connectivity index (χ1v) is 9.93. The second-order valence-electron chi connectivity index (χ2n) is 7.29. The average Bonchev–Trinajstić information content (AvgIpc) is 3.12. The zero-order valence-electron chi connectivity index (χ0n) is 16.1. The van der Waals surface area contributed by atoms with Gasteiger partial charge in [-0.25, -0.2) is 4.68 Å². The largest absolute Gasteiger partial charge is 0.493 e. The maximum absolute atomic E-state index is 5.52. The number of hydrogen-bond donors (Lipinski definition) is 0. The van der Waals surface area contributed by atoms with Crippen LogP contribution < -0.4 is 9.47 Å². The maximum atomic E-state index is 5.52. The molecule has 1 unspecified atom stereocenters. The molecule has 2 heterocycles. The summed E-state index contributed by atoms with van der Waals surface area (Å²) in [7, 11) is 3.31. The summed E-state index contributed by atoms with van der Waals surface area (Å²) >= 11 is 1.99. The number of methoxy groups -OCH3 is 2. The molecule has 8 heteroatoms. The average molecular weight is 378 g/mol. The van der Waals surface area contributed by atoms with Crippen molar-refractivity contribution >= 4 is 11.8 Å². The molecule has 0 saturated carbocycles. The van der Waals surface area contributed by atoms with Crippen molar-refractivity contribution in [1.29, 1.82) is 0 Å². The SMILES string of the molecule is COc1ccc(C(c2nnnn2C(C)(C)C)N2CCSCC2)cc1OC. The summed E-state index contributed by atoms with van der Waals surface area (Å²) < 4.78 is 12.8. The Morgan fingerprint density at radius 3 is 2.38 bits per heavy atom. The van der Waals surface area contributed by atoms with Gasteiger partial charge in [-0.05, 0) is 48.9 Å². The van der Waals surface area contributed by atoms with Gasteiger partial charge in [0, 0.05) is 24.6 Å². The van der Waals surface area contributed by atoms with Gasteiger partial charge in [0.05, 0.1) is 25.8 Å². The summed E-state index contributed by atoms with van der Waals surface area (Å²) in [5.41, 5.74) is 0.910. The standard InChI is InChI=1S/C18H27N5O2S/c1-18(2,3)23-17(19-20-21-23)16(22-8-10-26-11-9-22)13-6-7-14(24-4)15(12-13)25-5/h6-7,12,16H,8-11H2,1-5H3. The van der Waals surface area contributed by atoms with Crippen molar-refractivity contribution in [3.63, 3.8) is 0 Å². The third-order valence-electron chi connectivity index (χ3n) is 4.51. The fourth-order valence-electron chi connectivity index (χ4n) is 3.22. The third-order valence-corrected chi connectivity index (χ3v) is 5.45. The molecule has 1 aliphatic heterocycles. The van der Waals surface area contributed by atoms with Crippen LogP contribution in [0.3, 0.4) is 0 Å². The molecule has 1 aromatic heterocycles. The molecule has 0 aliphatic carbocycles. The molecule has 26 heavy (non-hydrogen) atoms. The molecule has 7 nitrogen and oxygen atoms in total. The number of benzene rings is 1. The number of tetrazole rings is 1. The molecule has 142 valence electrons. The summed E-state index contributed by atoms with van der Waals surface area (Å²) in [6.45, 7) is 8.35. The van der Waals surface area contributed by atoms with E-state index in [9.17, 15) is 0 Å². The van der Waals surface area contributed by atoms with Gasteiger partial charge in [-0.2, -0.15) is 11.8 Å². The van der Waals surface area contributed by atoms with Crippen molar-refractivity contribution in [2.75, 3.05) is 38.8 Å². The predicted octanol–water partition coefficient (Wildman–Crippen LogP) is 2.58. The first-order valence-electron chi connectivity index (χ1n) is 8.78. The predicted molar refractivity (Wildman–Crippen MR) is 103 cm³/mol. The summed E-state index contributed by atoms with van der Waals surface area (Å²) in [6.07, 6.45) is 0. The third kappa shape index (κ3) is 3.81. The van der Waals surface area contributed by atoms with Crippen molar-refractivity contribution in [3.8, 4) is 11.5 Å². The summed E-state index contributed by atoms with van der Waals surface area (Å²) in [6, 6.07) is 6.04. The van der Waals surface area contributed by atoms with Crippen molar-refractivity contribution in [2.45, 2.75) is 32.4 Å². The topological polar surface area (TPSA) is 65.3 Å². The molecular weight excluding hydrogens is 350 g/mol. The van der Waals surface area contributed by atoms with E-state index in [4.69, 9.17) is 9.47 Å². The molecule has 0 spiro atoms. The molecule has 1 aromatic carbocycles. The van der Waals surface area contributed by atoms with E-state index >= 15 is 0 Å². The molecule has 2 aromatic rings. The van der Waals surface area contributed by atoms with E-state index in [1.54, 1.807) is 14.2 Å². The first kappa shape index (κ1) is 19.0. The molecule has 1 saturated heterocycles. The van der Waals surface area contributed by atoms with Crippen LogP contribution in [0.15, 0.2) is 18.2 Å². The van der Waals surface area contributed by atoms with Crippen molar-refractivity contribution in [3.05, 3.63) is 29.6 Å².